The first-order valence-corrected chi connectivity index (χ1v) is 11.4. The SMILES string of the molecule is CC(C)Oc1cc(C(=O)O)ccc1NC(=O)c1ccc(NC(=O)c2ccc(N)cc2)c(OC(C)C)c1. The van der Waals surface area contributed by atoms with Crippen LogP contribution in [0, 0.1) is 0 Å². The summed E-state index contributed by atoms with van der Waals surface area (Å²) in [4.78, 5) is 37.1. The minimum absolute atomic E-state index is 0.0393. The summed E-state index contributed by atoms with van der Waals surface area (Å²) in [5.41, 5.74) is 7.69. The minimum atomic E-state index is -1.10. The second-order valence-electron chi connectivity index (χ2n) is 8.59. The van der Waals surface area contributed by atoms with E-state index in [0.717, 1.165) is 0 Å². The molecule has 9 nitrogen and oxygen atoms in total. The molecule has 2 amide bonds. The molecule has 0 aliphatic carbocycles. The van der Waals surface area contributed by atoms with Crippen LogP contribution in [0.1, 0.15) is 58.8 Å². The number of benzene rings is 3. The highest BCUT2D eigenvalue weighted by Gasteiger charge is 2.18. The number of nitrogen functional groups attached to an aromatic ring is 1. The molecule has 188 valence electrons. The van der Waals surface area contributed by atoms with Crippen molar-refractivity contribution in [1.29, 1.82) is 0 Å². The lowest BCUT2D eigenvalue weighted by molar-refractivity contribution is 0.0695. The number of amides is 2. The summed E-state index contributed by atoms with van der Waals surface area (Å²) in [5.74, 6) is -1.36. The van der Waals surface area contributed by atoms with Crippen LogP contribution in [0.4, 0.5) is 17.1 Å². The lowest BCUT2D eigenvalue weighted by atomic mass is 10.1. The molecule has 3 aromatic carbocycles. The predicted octanol–water partition coefficient (Wildman–Crippen LogP) is 5.05. The Morgan fingerprint density at radius 2 is 1.11 bits per heavy atom. The average molecular weight is 492 g/mol. The largest absolute Gasteiger partial charge is 0.489 e. The summed E-state index contributed by atoms with van der Waals surface area (Å²) in [6.45, 7) is 7.26. The summed E-state index contributed by atoms with van der Waals surface area (Å²) in [6, 6.07) is 15.4. The zero-order valence-corrected chi connectivity index (χ0v) is 20.5. The highest BCUT2D eigenvalue weighted by molar-refractivity contribution is 6.08. The molecule has 0 saturated heterocycles. The number of hydrogen-bond acceptors (Lipinski definition) is 6. The van der Waals surface area contributed by atoms with Crippen LogP contribution >= 0.6 is 0 Å². The number of hydrogen-bond donors (Lipinski definition) is 4. The Morgan fingerprint density at radius 1 is 0.694 bits per heavy atom. The van der Waals surface area contributed by atoms with Crippen LogP contribution < -0.4 is 25.8 Å². The second kappa shape index (κ2) is 11.3. The van der Waals surface area contributed by atoms with E-state index in [9.17, 15) is 19.5 Å². The first-order chi connectivity index (χ1) is 17.0. The summed E-state index contributed by atoms with van der Waals surface area (Å²) < 4.78 is 11.6. The van der Waals surface area contributed by atoms with Crippen molar-refractivity contribution in [2.24, 2.45) is 0 Å². The average Bonchev–Trinajstić information content (AvgIpc) is 2.80. The Hall–Kier alpha value is -4.53. The van der Waals surface area contributed by atoms with Gasteiger partial charge in [0, 0.05) is 16.8 Å². The molecule has 0 radical (unpaired) electrons. The Labute approximate surface area is 209 Å². The fourth-order valence-electron chi connectivity index (χ4n) is 3.25. The van der Waals surface area contributed by atoms with Gasteiger partial charge in [-0.15, -0.1) is 0 Å². The third-order valence-corrected chi connectivity index (χ3v) is 4.87. The highest BCUT2D eigenvalue weighted by Crippen LogP contribution is 2.30. The van der Waals surface area contributed by atoms with Gasteiger partial charge in [0.05, 0.1) is 29.1 Å². The van der Waals surface area contributed by atoms with Crippen molar-refractivity contribution >= 4 is 34.8 Å². The van der Waals surface area contributed by atoms with Gasteiger partial charge >= 0.3 is 5.97 Å². The van der Waals surface area contributed by atoms with Gasteiger partial charge in [0.1, 0.15) is 11.5 Å². The molecule has 0 saturated carbocycles. The molecule has 0 spiro atoms. The molecule has 3 aromatic rings. The summed E-state index contributed by atoms with van der Waals surface area (Å²) in [6.07, 6.45) is -0.454. The normalized spacial score (nSPS) is 10.7. The van der Waals surface area contributed by atoms with E-state index in [4.69, 9.17) is 15.2 Å². The number of carbonyl (C=O) groups excluding carboxylic acids is 2. The number of ether oxygens (including phenoxy) is 2. The van der Waals surface area contributed by atoms with Crippen LogP contribution in [-0.4, -0.2) is 35.1 Å². The van der Waals surface area contributed by atoms with Crippen LogP contribution in [0.2, 0.25) is 0 Å². The number of aromatic carboxylic acids is 1. The Balaban J connectivity index is 1.87. The Morgan fingerprint density at radius 3 is 1.58 bits per heavy atom. The minimum Gasteiger partial charge on any atom is -0.489 e. The fraction of sp³-hybridized carbons (Fsp3) is 0.222. The molecule has 3 rings (SSSR count). The molecule has 0 aromatic heterocycles. The molecule has 0 fully saturated rings. The van der Waals surface area contributed by atoms with Gasteiger partial charge in [-0.2, -0.15) is 0 Å². The monoisotopic (exact) mass is 491 g/mol. The van der Waals surface area contributed by atoms with E-state index >= 15 is 0 Å². The lowest BCUT2D eigenvalue weighted by Crippen LogP contribution is -2.17. The number of nitrogens with two attached hydrogens (primary N) is 1. The van der Waals surface area contributed by atoms with Crippen molar-refractivity contribution in [1.82, 2.24) is 0 Å². The molecule has 36 heavy (non-hydrogen) atoms. The van der Waals surface area contributed by atoms with Crippen molar-refractivity contribution in [2.45, 2.75) is 39.9 Å². The first kappa shape index (κ1) is 26.1. The van der Waals surface area contributed by atoms with E-state index < -0.39 is 11.9 Å². The van der Waals surface area contributed by atoms with Crippen molar-refractivity contribution in [2.75, 3.05) is 16.4 Å². The molecule has 0 heterocycles. The second-order valence-corrected chi connectivity index (χ2v) is 8.59. The van der Waals surface area contributed by atoms with Gasteiger partial charge < -0.3 is 30.9 Å². The van der Waals surface area contributed by atoms with Gasteiger partial charge in [-0.05, 0) is 88.4 Å². The van der Waals surface area contributed by atoms with Crippen LogP contribution in [0.3, 0.4) is 0 Å². The third kappa shape index (κ3) is 6.75. The molecule has 5 N–H and O–H groups in total. The Bertz CT molecular complexity index is 1270. The predicted molar refractivity (Wildman–Crippen MR) is 138 cm³/mol. The van der Waals surface area contributed by atoms with Crippen LogP contribution in [-0.2, 0) is 0 Å². The maximum atomic E-state index is 13.1. The maximum Gasteiger partial charge on any atom is 0.335 e. The van der Waals surface area contributed by atoms with Crippen molar-refractivity contribution in [3.8, 4) is 11.5 Å². The lowest BCUT2D eigenvalue weighted by Gasteiger charge is -2.18. The number of anilines is 3. The van der Waals surface area contributed by atoms with Crippen LogP contribution in [0.15, 0.2) is 60.7 Å². The van der Waals surface area contributed by atoms with E-state index in [1.165, 1.54) is 24.3 Å². The van der Waals surface area contributed by atoms with Gasteiger partial charge in [0.15, 0.2) is 0 Å². The van der Waals surface area contributed by atoms with Crippen LogP contribution in [0.5, 0.6) is 11.5 Å². The first-order valence-electron chi connectivity index (χ1n) is 11.4. The Kier molecular flexibility index (Phi) is 8.16. The topological polar surface area (TPSA) is 140 Å². The third-order valence-electron chi connectivity index (χ3n) is 4.87. The molecule has 0 bridgehead atoms. The summed E-state index contributed by atoms with van der Waals surface area (Å²) >= 11 is 0. The number of carboxylic acid groups (broad SMARTS) is 1. The molecule has 0 aliphatic rings. The van der Waals surface area contributed by atoms with Crippen molar-refractivity contribution in [3.63, 3.8) is 0 Å². The van der Waals surface area contributed by atoms with Crippen LogP contribution in [0.25, 0.3) is 0 Å². The van der Waals surface area contributed by atoms with E-state index in [0.29, 0.717) is 28.4 Å². The molecule has 0 unspecified atom stereocenters. The molecule has 9 heteroatoms. The molecule has 0 aliphatic heterocycles. The molecule has 0 atom stereocenters. The summed E-state index contributed by atoms with van der Waals surface area (Å²) in [7, 11) is 0. The zero-order chi connectivity index (χ0) is 26.4. The van der Waals surface area contributed by atoms with E-state index in [-0.39, 0.29) is 35.0 Å². The van der Waals surface area contributed by atoms with Gasteiger partial charge in [0.25, 0.3) is 11.8 Å². The van der Waals surface area contributed by atoms with E-state index in [1.807, 2.05) is 13.8 Å². The highest BCUT2D eigenvalue weighted by atomic mass is 16.5. The standard InChI is InChI=1S/C27H29N3O6/c1-15(2)35-23-13-18(7-11-21(23)29-25(31)17-5-9-20(28)10-6-17)26(32)30-22-12-8-19(27(33)34)14-24(22)36-16(3)4/h5-16H,28H2,1-4H3,(H,29,31)(H,30,32)(H,33,34). The van der Waals surface area contributed by atoms with Gasteiger partial charge in [0.2, 0.25) is 0 Å². The smallest absolute Gasteiger partial charge is 0.335 e. The number of rotatable bonds is 9. The van der Waals surface area contributed by atoms with Gasteiger partial charge in [-0.1, -0.05) is 0 Å². The summed E-state index contributed by atoms with van der Waals surface area (Å²) in [5, 5.41) is 14.8. The zero-order valence-electron chi connectivity index (χ0n) is 20.5. The number of carbonyl (C=O) groups is 3. The maximum absolute atomic E-state index is 13.1. The molecular weight excluding hydrogens is 462 g/mol. The van der Waals surface area contributed by atoms with E-state index in [2.05, 4.69) is 10.6 Å². The fourth-order valence-corrected chi connectivity index (χ4v) is 3.25. The van der Waals surface area contributed by atoms with Gasteiger partial charge in [-0.25, -0.2) is 4.79 Å². The van der Waals surface area contributed by atoms with Crippen molar-refractivity contribution < 1.29 is 29.0 Å². The van der Waals surface area contributed by atoms with E-state index in [1.54, 1.807) is 50.2 Å². The number of nitrogens with one attached hydrogen (secondary N) is 2. The quantitative estimate of drug-likeness (QED) is 0.307. The van der Waals surface area contributed by atoms with Crippen molar-refractivity contribution in [3.05, 3.63) is 77.4 Å². The number of carboxylic acids is 1. The van der Waals surface area contributed by atoms with Gasteiger partial charge in [-0.3, -0.25) is 9.59 Å². The molecular formula is C27H29N3O6.